The van der Waals surface area contributed by atoms with Gasteiger partial charge in [-0.1, -0.05) is 6.92 Å². The summed E-state index contributed by atoms with van der Waals surface area (Å²) in [5.74, 6) is 0. The zero-order valence-electron chi connectivity index (χ0n) is 8.04. The molecule has 0 bridgehead atoms. The molecule has 1 unspecified atom stereocenters. The van der Waals surface area contributed by atoms with E-state index in [-0.39, 0.29) is 6.23 Å². The Morgan fingerprint density at radius 2 is 1.73 bits per heavy atom. The first-order valence-corrected chi connectivity index (χ1v) is 4.11. The van der Waals surface area contributed by atoms with Gasteiger partial charge in [0.1, 0.15) is 6.23 Å². The lowest BCUT2D eigenvalue weighted by atomic mass is 10.4. The standard InChI is InChI=1S/C8H20N2O/c1-5-8(11)10(4)7-6-9(2)3/h8,11H,5-7H2,1-4H3. The molecule has 0 aliphatic rings. The van der Waals surface area contributed by atoms with Crippen LogP contribution in [0.15, 0.2) is 0 Å². The van der Waals surface area contributed by atoms with E-state index in [9.17, 15) is 5.11 Å². The van der Waals surface area contributed by atoms with Crippen molar-refractivity contribution in [1.82, 2.24) is 9.80 Å². The maximum atomic E-state index is 9.35. The van der Waals surface area contributed by atoms with Crippen LogP contribution in [0.5, 0.6) is 0 Å². The molecule has 1 atom stereocenters. The van der Waals surface area contributed by atoms with Gasteiger partial charge in [-0.25, -0.2) is 0 Å². The average Bonchev–Trinajstić information content (AvgIpc) is 1.98. The molecule has 0 aliphatic carbocycles. The number of hydrogen-bond donors (Lipinski definition) is 1. The fourth-order valence-electron chi connectivity index (χ4n) is 0.818. The third-order valence-electron chi connectivity index (χ3n) is 1.77. The van der Waals surface area contributed by atoms with Gasteiger partial charge in [-0.3, -0.25) is 4.90 Å². The van der Waals surface area contributed by atoms with Crippen molar-refractivity contribution in [3.05, 3.63) is 0 Å². The lowest BCUT2D eigenvalue weighted by Gasteiger charge is -2.23. The Kier molecular flexibility index (Phi) is 5.46. The molecular weight excluding hydrogens is 140 g/mol. The lowest BCUT2D eigenvalue weighted by Crippen LogP contribution is -2.36. The second-order valence-corrected chi connectivity index (χ2v) is 3.17. The number of hydrogen-bond acceptors (Lipinski definition) is 3. The largest absolute Gasteiger partial charge is 0.378 e. The fourth-order valence-corrected chi connectivity index (χ4v) is 0.818. The molecule has 0 radical (unpaired) electrons. The van der Waals surface area contributed by atoms with Crippen LogP contribution in [0, 0.1) is 0 Å². The van der Waals surface area contributed by atoms with Crippen LogP contribution in [0.3, 0.4) is 0 Å². The van der Waals surface area contributed by atoms with Crippen LogP contribution in [0.4, 0.5) is 0 Å². The van der Waals surface area contributed by atoms with Gasteiger partial charge in [-0.2, -0.15) is 0 Å². The van der Waals surface area contributed by atoms with Gasteiger partial charge in [0, 0.05) is 13.1 Å². The molecule has 0 amide bonds. The monoisotopic (exact) mass is 160 g/mol. The van der Waals surface area contributed by atoms with Crippen LogP contribution in [0.1, 0.15) is 13.3 Å². The third-order valence-corrected chi connectivity index (χ3v) is 1.77. The second kappa shape index (κ2) is 5.52. The molecule has 0 aromatic carbocycles. The van der Waals surface area contributed by atoms with Crippen molar-refractivity contribution in [3.8, 4) is 0 Å². The van der Waals surface area contributed by atoms with E-state index in [1.54, 1.807) is 0 Å². The molecule has 0 fully saturated rings. The van der Waals surface area contributed by atoms with E-state index in [1.165, 1.54) is 0 Å². The summed E-state index contributed by atoms with van der Waals surface area (Å²) < 4.78 is 0. The highest BCUT2D eigenvalue weighted by Crippen LogP contribution is 1.95. The summed E-state index contributed by atoms with van der Waals surface area (Å²) in [6.07, 6.45) is 0.513. The first-order valence-electron chi connectivity index (χ1n) is 4.11. The van der Waals surface area contributed by atoms with Crippen molar-refractivity contribution in [2.45, 2.75) is 19.6 Å². The van der Waals surface area contributed by atoms with Gasteiger partial charge >= 0.3 is 0 Å². The molecule has 11 heavy (non-hydrogen) atoms. The Bertz CT molecular complexity index is 96.1. The predicted octanol–water partition coefficient (Wildman–Crippen LogP) is 0.208. The van der Waals surface area contributed by atoms with E-state index < -0.39 is 0 Å². The molecule has 0 saturated heterocycles. The maximum Gasteiger partial charge on any atom is 0.106 e. The SMILES string of the molecule is CCC(O)N(C)CCN(C)C. The van der Waals surface area contributed by atoms with Crippen LogP contribution in [-0.4, -0.2) is 55.4 Å². The van der Waals surface area contributed by atoms with Gasteiger partial charge < -0.3 is 10.0 Å². The Hall–Kier alpha value is -0.120. The topological polar surface area (TPSA) is 26.7 Å². The van der Waals surface area contributed by atoms with Gasteiger partial charge in [0.15, 0.2) is 0 Å². The van der Waals surface area contributed by atoms with Crippen molar-refractivity contribution in [1.29, 1.82) is 0 Å². The summed E-state index contributed by atoms with van der Waals surface area (Å²) in [6, 6.07) is 0. The van der Waals surface area contributed by atoms with Crippen LogP contribution in [-0.2, 0) is 0 Å². The van der Waals surface area contributed by atoms with Gasteiger partial charge in [0.05, 0.1) is 0 Å². The summed E-state index contributed by atoms with van der Waals surface area (Å²) >= 11 is 0. The van der Waals surface area contributed by atoms with Crippen LogP contribution in [0.25, 0.3) is 0 Å². The highest BCUT2D eigenvalue weighted by molar-refractivity contribution is 4.56. The molecule has 0 heterocycles. The third kappa shape index (κ3) is 5.18. The summed E-state index contributed by atoms with van der Waals surface area (Å²) in [6.45, 7) is 3.90. The number of likely N-dealkylation sites (N-methyl/N-ethyl adjacent to an activating group) is 2. The van der Waals surface area contributed by atoms with Crippen molar-refractivity contribution < 1.29 is 5.11 Å². The number of aliphatic hydroxyl groups excluding tert-OH is 1. The maximum absolute atomic E-state index is 9.35. The fraction of sp³-hybridized carbons (Fsp3) is 1.00. The Morgan fingerprint density at radius 1 is 1.18 bits per heavy atom. The summed E-state index contributed by atoms with van der Waals surface area (Å²) in [5, 5.41) is 9.35. The normalized spacial score (nSPS) is 14.5. The minimum Gasteiger partial charge on any atom is -0.378 e. The van der Waals surface area contributed by atoms with Crippen molar-refractivity contribution in [3.63, 3.8) is 0 Å². The van der Waals surface area contributed by atoms with E-state index in [0.717, 1.165) is 19.5 Å². The molecule has 3 heteroatoms. The van der Waals surface area contributed by atoms with Gasteiger partial charge in [0.25, 0.3) is 0 Å². The van der Waals surface area contributed by atoms with E-state index >= 15 is 0 Å². The summed E-state index contributed by atoms with van der Waals surface area (Å²) in [4.78, 5) is 4.07. The van der Waals surface area contributed by atoms with E-state index in [2.05, 4.69) is 4.90 Å². The highest BCUT2D eigenvalue weighted by Gasteiger charge is 2.07. The first-order chi connectivity index (χ1) is 5.07. The van der Waals surface area contributed by atoms with E-state index in [1.807, 2.05) is 33.0 Å². The van der Waals surface area contributed by atoms with E-state index in [0.29, 0.717) is 0 Å². The molecule has 68 valence electrons. The molecule has 0 aromatic heterocycles. The quantitative estimate of drug-likeness (QED) is 0.582. The van der Waals surface area contributed by atoms with Crippen molar-refractivity contribution in [2.75, 3.05) is 34.2 Å². The molecule has 1 N–H and O–H groups in total. The van der Waals surface area contributed by atoms with Crippen LogP contribution in [0.2, 0.25) is 0 Å². The molecule has 0 spiro atoms. The minimum atomic E-state index is -0.282. The molecular formula is C8H20N2O. The average molecular weight is 160 g/mol. The minimum absolute atomic E-state index is 0.282. The molecule has 0 rings (SSSR count). The molecule has 3 nitrogen and oxygen atoms in total. The van der Waals surface area contributed by atoms with Gasteiger partial charge in [-0.05, 0) is 27.6 Å². The Labute approximate surface area is 69.6 Å². The summed E-state index contributed by atoms with van der Waals surface area (Å²) in [7, 11) is 6.01. The molecule has 0 saturated carbocycles. The van der Waals surface area contributed by atoms with Gasteiger partial charge in [0.2, 0.25) is 0 Å². The zero-order chi connectivity index (χ0) is 8.85. The van der Waals surface area contributed by atoms with Crippen LogP contribution >= 0.6 is 0 Å². The Morgan fingerprint density at radius 3 is 2.09 bits per heavy atom. The zero-order valence-corrected chi connectivity index (χ0v) is 8.04. The smallest absolute Gasteiger partial charge is 0.106 e. The number of aliphatic hydroxyl groups is 1. The lowest BCUT2D eigenvalue weighted by molar-refractivity contribution is 0.0165. The summed E-state index contributed by atoms with van der Waals surface area (Å²) in [5.41, 5.74) is 0. The molecule has 0 aromatic rings. The van der Waals surface area contributed by atoms with E-state index in [4.69, 9.17) is 0 Å². The second-order valence-electron chi connectivity index (χ2n) is 3.17. The number of rotatable bonds is 5. The van der Waals surface area contributed by atoms with Crippen LogP contribution < -0.4 is 0 Å². The van der Waals surface area contributed by atoms with Crippen molar-refractivity contribution >= 4 is 0 Å². The van der Waals surface area contributed by atoms with Crippen molar-refractivity contribution in [2.24, 2.45) is 0 Å². The Balaban J connectivity index is 3.43. The number of nitrogens with zero attached hydrogens (tertiary/aromatic N) is 2. The molecule has 0 aliphatic heterocycles. The predicted molar refractivity (Wildman–Crippen MR) is 47.5 cm³/mol. The highest BCUT2D eigenvalue weighted by atomic mass is 16.3. The van der Waals surface area contributed by atoms with Gasteiger partial charge in [-0.15, -0.1) is 0 Å². The first kappa shape index (κ1) is 10.9.